The Balaban J connectivity index is 2.87. The van der Waals surface area contributed by atoms with Crippen molar-refractivity contribution in [1.29, 1.82) is 0 Å². The van der Waals surface area contributed by atoms with Gasteiger partial charge in [0.05, 0.1) is 21.3 Å². The smallest absolute Gasteiger partial charge is 0.234 e. The van der Waals surface area contributed by atoms with E-state index in [2.05, 4.69) is 6.58 Å². The Morgan fingerprint density at radius 3 is 1.86 bits per heavy atom. The summed E-state index contributed by atoms with van der Waals surface area (Å²) < 4.78 is 16.2. The highest BCUT2D eigenvalue weighted by Crippen LogP contribution is 2.49. The fraction of sp³-hybridized carbons (Fsp3) is 0.375. The molecule has 2 rings (SSSR count). The van der Waals surface area contributed by atoms with Crippen molar-refractivity contribution in [1.82, 2.24) is 0 Å². The molecule has 1 aromatic rings. The third-order valence-electron chi connectivity index (χ3n) is 3.69. The molecule has 1 heterocycles. The van der Waals surface area contributed by atoms with Gasteiger partial charge in [-0.2, -0.15) is 0 Å². The second-order valence-electron chi connectivity index (χ2n) is 4.81. The third kappa shape index (κ3) is 2.20. The molecule has 1 fully saturated rings. The number of carbonyl (C=O) groups is 2. The quantitative estimate of drug-likeness (QED) is 0.781. The van der Waals surface area contributed by atoms with Crippen molar-refractivity contribution < 1.29 is 23.8 Å². The monoisotopic (exact) mass is 305 g/mol. The molecule has 0 aliphatic carbocycles. The summed E-state index contributed by atoms with van der Waals surface area (Å²) >= 11 is 0. The fourth-order valence-corrected chi connectivity index (χ4v) is 2.74. The van der Waals surface area contributed by atoms with Crippen molar-refractivity contribution in [2.45, 2.75) is 19.8 Å². The second-order valence-corrected chi connectivity index (χ2v) is 4.81. The molecule has 0 saturated carbocycles. The van der Waals surface area contributed by atoms with Crippen LogP contribution in [0.25, 0.3) is 6.08 Å². The molecule has 0 spiro atoms. The van der Waals surface area contributed by atoms with Crippen LogP contribution in [0.15, 0.2) is 6.58 Å². The van der Waals surface area contributed by atoms with E-state index < -0.39 is 0 Å². The predicted molar refractivity (Wildman–Crippen MR) is 82.7 cm³/mol. The molecule has 0 unspecified atom stereocenters. The minimum Gasteiger partial charge on any atom is -0.494 e. The lowest BCUT2D eigenvalue weighted by molar-refractivity contribution is -0.121. The lowest BCUT2D eigenvalue weighted by Gasteiger charge is -2.25. The Morgan fingerprint density at radius 2 is 1.45 bits per heavy atom. The molecular weight excluding hydrogens is 286 g/mol. The number of nitrogens with zero attached hydrogens (tertiary/aromatic N) is 1. The number of hydrogen-bond acceptors (Lipinski definition) is 5. The van der Waals surface area contributed by atoms with Crippen LogP contribution in [-0.4, -0.2) is 33.1 Å². The molecule has 1 aliphatic rings. The maximum atomic E-state index is 12.1. The van der Waals surface area contributed by atoms with Gasteiger partial charge in [-0.3, -0.25) is 9.59 Å². The van der Waals surface area contributed by atoms with Crippen LogP contribution in [0.2, 0.25) is 0 Å². The van der Waals surface area contributed by atoms with E-state index >= 15 is 0 Å². The lowest BCUT2D eigenvalue weighted by atomic mass is 10.0. The number of anilines is 1. The summed E-state index contributed by atoms with van der Waals surface area (Å²) in [5, 5.41) is 0. The summed E-state index contributed by atoms with van der Waals surface area (Å²) in [7, 11) is 4.49. The number of ether oxygens (including phenoxy) is 3. The molecule has 118 valence electrons. The number of benzene rings is 1. The molecule has 0 radical (unpaired) electrons. The molecule has 0 bridgehead atoms. The van der Waals surface area contributed by atoms with Gasteiger partial charge in [0.15, 0.2) is 17.2 Å². The first-order chi connectivity index (χ1) is 10.5. The van der Waals surface area contributed by atoms with Crippen LogP contribution in [0.4, 0.5) is 5.69 Å². The van der Waals surface area contributed by atoms with E-state index in [1.807, 2.05) is 0 Å². The summed E-state index contributed by atoms with van der Waals surface area (Å²) in [6.07, 6.45) is 1.90. The molecule has 1 saturated heterocycles. The number of amides is 2. The standard InChI is InChI=1S/C16H19NO5/c1-6-10-13(17-11(18)7-8-12(17)19)14(20-3)9(2)15(21-4)16(10)22-5/h6H,1,7-8H2,2-5H3. The van der Waals surface area contributed by atoms with E-state index in [-0.39, 0.29) is 24.7 Å². The zero-order chi connectivity index (χ0) is 16.4. The average Bonchev–Trinajstić information content (AvgIpc) is 2.84. The van der Waals surface area contributed by atoms with Crippen LogP contribution < -0.4 is 19.1 Å². The van der Waals surface area contributed by atoms with E-state index in [1.165, 1.54) is 27.4 Å². The van der Waals surface area contributed by atoms with Crippen molar-refractivity contribution in [3.63, 3.8) is 0 Å². The highest BCUT2D eigenvalue weighted by Gasteiger charge is 2.36. The van der Waals surface area contributed by atoms with E-state index in [0.29, 0.717) is 34.1 Å². The number of methoxy groups -OCH3 is 3. The summed E-state index contributed by atoms with van der Waals surface area (Å²) in [6, 6.07) is 0. The van der Waals surface area contributed by atoms with Gasteiger partial charge in [-0.05, 0) is 6.92 Å². The average molecular weight is 305 g/mol. The molecule has 22 heavy (non-hydrogen) atoms. The van der Waals surface area contributed by atoms with Crippen molar-refractivity contribution in [2.24, 2.45) is 0 Å². The maximum absolute atomic E-state index is 12.1. The van der Waals surface area contributed by atoms with Crippen LogP contribution in [0.1, 0.15) is 24.0 Å². The van der Waals surface area contributed by atoms with E-state index in [1.54, 1.807) is 6.92 Å². The highest BCUT2D eigenvalue weighted by molar-refractivity contribution is 6.21. The normalized spacial score (nSPS) is 14.3. The first-order valence-electron chi connectivity index (χ1n) is 6.82. The van der Waals surface area contributed by atoms with Crippen molar-refractivity contribution in [3.05, 3.63) is 17.7 Å². The molecule has 0 atom stereocenters. The van der Waals surface area contributed by atoms with Crippen LogP contribution >= 0.6 is 0 Å². The van der Waals surface area contributed by atoms with Gasteiger partial charge >= 0.3 is 0 Å². The first-order valence-corrected chi connectivity index (χ1v) is 6.82. The maximum Gasteiger partial charge on any atom is 0.234 e. The van der Waals surface area contributed by atoms with Gasteiger partial charge in [0, 0.05) is 24.0 Å². The van der Waals surface area contributed by atoms with E-state index in [4.69, 9.17) is 14.2 Å². The van der Waals surface area contributed by atoms with Crippen molar-refractivity contribution >= 4 is 23.6 Å². The SMILES string of the molecule is C=Cc1c(OC)c(OC)c(C)c(OC)c1N1C(=O)CCC1=O. The van der Waals surface area contributed by atoms with Gasteiger partial charge < -0.3 is 14.2 Å². The number of rotatable bonds is 5. The van der Waals surface area contributed by atoms with Gasteiger partial charge in [-0.1, -0.05) is 12.7 Å². The summed E-state index contributed by atoms with van der Waals surface area (Å²) in [6.45, 7) is 5.54. The predicted octanol–water partition coefficient (Wildman–Crippen LogP) is 2.32. The van der Waals surface area contributed by atoms with Gasteiger partial charge in [-0.15, -0.1) is 0 Å². The van der Waals surface area contributed by atoms with Gasteiger partial charge in [0.1, 0.15) is 5.69 Å². The number of hydrogen-bond donors (Lipinski definition) is 0. The van der Waals surface area contributed by atoms with Crippen LogP contribution in [0.3, 0.4) is 0 Å². The Hall–Kier alpha value is -2.50. The molecule has 6 nitrogen and oxygen atoms in total. The molecule has 0 aromatic heterocycles. The fourth-order valence-electron chi connectivity index (χ4n) is 2.74. The lowest BCUT2D eigenvalue weighted by Crippen LogP contribution is -2.30. The largest absolute Gasteiger partial charge is 0.494 e. The molecule has 1 aromatic carbocycles. The third-order valence-corrected chi connectivity index (χ3v) is 3.69. The second kappa shape index (κ2) is 6.09. The van der Waals surface area contributed by atoms with Gasteiger partial charge in [0.2, 0.25) is 11.8 Å². The van der Waals surface area contributed by atoms with E-state index in [9.17, 15) is 9.59 Å². The molecule has 6 heteroatoms. The Kier molecular flexibility index (Phi) is 4.40. The Bertz CT molecular complexity index is 635. The number of carbonyl (C=O) groups excluding carboxylic acids is 2. The summed E-state index contributed by atoms with van der Waals surface area (Å²) in [5.74, 6) is 0.766. The Labute approximate surface area is 129 Å². The summed E-state index contributed by atoms with van der Waals surface area (Å²) in [5.41, 5.74) is 1.50. The first kappa shape index (κ1) is 15.9. The van der Waals surface area contributed by atoms with Crippen molar-refractivity contribution in [2.75, 3.05) is 26.2 Å². The molecular formula is C16H19NO5. The summed E-state index contributed by atoms with van der Waals surface area (Å²) in [4.78, 5) is 25.4. The molecule has 0 N–H and O–H groups in total. The zero-order valence-corrected chi connectivity index (χ0v) is 13.2. The van der Waals surface area contributed by atoms with Crippen LogP contribution in [0.5, 0.6) is 17.2 Å². The Morgan fingerprint density at radius 1 is 0.955 bits per heavy atom. The number of imide groups is 1. The zero-order valence-electron chi connectivity index (χ0n) is 13.2. The van der Waals surface area contributed by atoms with Crippen molar-refractivity contribution in [3.8, 4) is 17.2 Å². The van der Waals surface area contributed by atoms with Gasteiger partial charge in [-0.25, -0.2) is 4.90 Å². The highest BCUT2D eigenvalue weighted by atomic mass is 16.5. The minimum atomic E-state index is -0.266. The van der Waals surface area contributed by atoms with E-state index in [0.717, 1.165) is 4.90 Å². The minimum absolute atomic E-state index is 0.186. The van der Waals surface area contributed by atoms with Crippen LogP contribution in [0, 0.1) is 6.92 Å². The topological polar surface area (TPSA) is 65.1 Å². The molecule has 2 amide bonds. The van der Waals surface area contributed by atoms with Crippen LogP contribution in [-0.2, 0) is 9.59 Å². The molecule has 1 aliphatic heterocycles. The van der Waals surface area contributed by atoms with Gasteiger partial charge in [0.25, 0.3) is 0 Å².